The molecule has 0 bridgehead atoms. The first kappa shape index (κ1) is 26.1. The number of anilines is 2. The van der Waals surface area contributed by atoms with Crippen molar-refractivity contribution in [3.8, 4) is 0 Å². The van der Waals surface area contributed by atoms with Gasteiger partial charge in [0, 0.05) is 31.8 Å². The van der Waals surface area contributed by atoms with Crippen LogP contribution in [0.3, 0.4) is 0 Å². The number of carbonyl (C=O) groups excluding carboxylic acids is 1. The molecule has 0 fully saturated rings. The van der Waals surface area contributed by atoms with E-state index in [2.05, 4.69) is 15.6 Å². The van der Waals surface area contributed by atoms with Crippen LogP contribution in [-0.4, -0.2) is 45.8 Å². The number of benzene rings is 1. The molecule has 1 aromatic carbocycles. The highest BCUT2D eigenvalue weighted by Gasteiger charge is 2.32. The lowest BCUT2D eigenvalue weighted by molar-refractivity contribution is -0.141. The van der Waals surface area contributed by atoms with E-state index in [4.69, 9.17) is 4.74 Å². The van der Waals surface area contributed by atoms with Gasteiger partial charge in [0.1, 0.15) is 17.3 Å². The maximum absolute atomic E-state index is 14.0. The van der Waals surface area contributed by atoms with Crippen LogP contribution in [0.15, 0.2) is 36.4 Å². The lowest BCUT2D eigenvalue weighted by Gasteiger charge is -2.12. The van der Waals surface area contributed by atoms with E-state index in [1.54, 1.807) is 0 Å². The average molecular weight is 490 g/mol. The predicted octanol–water partition coefficient (Wildman–Crippen LogP) is 3.00. The van der Waals surface area contributed by atoms with Crippen molar-refractivity contribution in [1.82, 2.24) is 10.3 Å². The van der Waals surface area contributed by atoms with Crippen molar-refractivity contribution in [2.45, 2.75) is 12.7 Å². The van der Waals surface area contributed by atoms with Gasteiger partial charge in [-0.05, 0) is 35.9 Å². The van der Waals surface area contributed by atoms with Crippen molar-refractivity contribution >= 4 is 33.5 Å². The summed E-state index contributed by atoms with van der Waals surface area (Å²) in [5.41, 5.74) is -0.696. The Kier molecular flexibility index (Phi) is 8.76. The molecule has 1 aromatic heterocycles. The number of rotatable bonds is 10. The van der Waals surface area contributed by atoms with E-state index in [0.29, 0.717) is 5.56 Å². The minimum absolute atomic E-state index is 0.0660. The fourth-order valence-corrected chi connectivity index (χ4v) is 3.11. The van der Waals surface area contributed by atoms with E-state index < -0.39 is 33.6 Å². The molecule has 13 heteroatoms. The van der Waals surface area contributed by atoms with Crippen LogP contribution in [0.1, 0.15) is 16.8 Å². The van der Waals surface area contributed by atoms with Crippen LogP contribution >= 0.6 is 0 Å². The van der Waals surface area contributed by atoms with Crippen LogP contribution in [0.25, 0.3) is 6.08 Å². The molecule has 0 aliphatic heterocycles. The van der Waals surface area contributed by atoms with Crippen molar-refractivity contribution in [2.24, 2.45) is 0 Å². The SMILES string of the molecule is COCCNc1nc(C(F)(F)F)ccc1/C=C/C(=O)NCc1ccc(NS(C)(=O)=O)c(F)c1. The van der Waals surface area contributed by atoms with E-state index in [1.807, 2.05) is 4.72 Å². The molecule has 0 saturated heterocycles. The van der Waals surface area contributed by atoms with E-state index >= 15 is 0 Å². The second-order valence-corrected chi connectivity index (χ2v) is 8.54. The predicted molar refractivity (Wildman–Crippen MR) is 115 cm³/mol. The van der Waals surface area contributed by atoms with Crippen molar-refractivity contribution in [1.29, 1.82) is 0 Å². The minimum Gasteiger partial charge on any atom is -0.383 e. The Morgan fingerprint density at radius 2 is 1.94 bits per heavy atom. The number of sulfonamides is 1. The van der Waals surface area contributed by atoms with Crippen LogP contribution in [0.2, 0.25) is 0 Å². The number of pyridine rings is 1. The summed E-state index contributed by atoms with van der Waals surface area (Å²) in [6.07, 6.45) is -1.35. The third kappa shape index (κ3) is 8.69. The average Bonchev–Trinajstić information content (AvgIpc) is 2.71. The summed E-state index contributed by atoms with van der Waals surface area (Å²) in [7, 11) is -2.20. The topological polar surface area (TPSA) is 109 Å². The fraction of sp³-hybridized carbons (Fsp3) is 0.300. The van der Waals surface area contributed by atoms with E-state index in [9.17, 15) is 30.8 Å². The maximum atomic E-state index is 14.0. The fourth-order valence-electron chi connectivity index (χ4n) is 2.54. The van der Waals surface area contributed by atoms with E-state index in [0.717, 1.165) is 24.5 Å². The molecule has 0 aliphatic carbocycles. The summed E-state index contributed by atoms with van der Waals surface area (Å²) in [6, 6.07) is 5.69. The summed E-state index contributed by atoms with van der Waals surface area (Å²) in [4.78, 5) is 15.7. The number of alkyl halides is 3. The van der Waals surface area contributed by atoms with Crippen LogP contribution in [0.5, 0.6) is 0 Å². The summed E-state index contributed by atoms with van der Waals surface area (Å²) >= 11 is 0. The van der Waals surface area contributed by atoms with Gasteiger partial charge in [-0.1, -0.05) is 6.07 Å². The number of nitrogens with zero attached hydrogens (tertiary/aromatic N) is 1. The number of aromatic nitrogens is 1. The van der Waals surface area contributed by atoms with Gasteiger partial charge in [-0.2, -0.15) is 13.2 Å². The first-order valence-electron chi connectivity index (χ1n) is 9.42. The molecule has 8 nitrogen and oxygen atoms in total. The standard InChI is InChI=1S/C20H22F4N4O4S/c1-32-10-9-25-19-14(4-7-17(27-19)20(22,23)24)5-8-18(29)26-12-13-3-6-16(15(21)11-13)28-33(2,30)31/h3-8,11,28H,9-10,12H2,1-2H3,(H,25,27)(H,26,29)/b8-5+. The van der Waals surface area contributed by atoms with Gasteiger partial charge in [0.15, 0.2) is 0 Å². The smallest absolute Gasteiger partial charge is 0.383 e. The van der Waals surface area contributed by atoms with Gasteiger partial charge in [-0.3, -0.25) is 9.52 Å². The number of hydrogen-bond donors (Lipinski definition) is 3. The molecule has 1 amide bonds. The second kappa shape index (κ2) is 11.1. The second-order valence-electron chi connectivity index (χ2n) is 6.79. The van der Waals surface area contributed by atoms with Crippen molar-refractivity contribution in [3.05, 3.63) is 59.0 Å². The van der Waals surface area contributed by atoms with Crippen molar-refractivity contribution < 1.29 is 35.5 Å². The normalized spacial score (nSPS) is 12.1. The Balaban J connectivity index is 2.06. The number of amides is 1. The number of carbonyl (C=O) groups is 1. The van der Waals surface area contributed by atoms with Gasteiger partial charge in [-0.15, -0.1) is 0 Å². The van der Waals surface area contributed by atoms with Gasteiger partial charge in [0.25, 0.3) is 0 Å². The van der Waals surface area contributed by atoms with Gasteiger partial charge < -0.3 is 15.4 Å². The summed E-state index contributed by atoms with van der Waals surface area (Å²) in [5, 5.41) is 5.23. The number of hydrogen-bond acceptors (Lipinski definition) is 6. The zero-order valence-corrected chi connectivity index (χ0v) is 18.5. The Labute approximate surface area is 188 Å². The molecule has 0 radical (unpaired) electrons. The lowest BCUT2D eigenvalue weighted by Crippen LogP contribution is -2.20. The van der Waals surface area contributed by atoms with Gasteiger partial charge in [-0.25, -0.2) is 17.8 Å². The van der Waals surface area contributed by atoms with Crippen LogP contribution in [0, 0.1) is 5.82 Å². The van der Waals surface area contributed by atoms with E-state index in [1.165, 1.54) is 31.4 Å². The molecule has 1 heterocycles. The largest absolute Gasteiger partial charge is 0.433 e. The molecule has 0 atom stereocenters. The maximum Gasteiger partial charge on any atom is 0.433 e. The molecule has 3 N–H and O–H groups in total. The molecule has 0 spiro atoms. The molecular weight excluding hydrogens is 468 g/mol. The third-order valence-corrected chi connectivity index (χ3v) is 4.62. The summed E-state index contributed by atoms with van der Waals surface area (Å²) in [6.45, 7) is 0.369. The molecule has 2 rings (SSSR count). The van der Waals surface area contributed by atoms with Crippen LogP contribution < -0.4 is 15.4 Å². The molecule has 180 valence electrons. The van der Waals surface area contributed by atoms with Crippen LogP contribution in [0.4, 0.5) is 29.1 Å². The monoisotopic (exact) mass is 490 g/mol. The first-order chi connectivity index (χ1) is 15.4. The van der Waals surface area contributed by atoms with Gasteiger partial charge in [0.05, 0.1) is 18.6 Å². The van der Waals surface area contributed by atoms with Gasteiger partial charge >= 0.3 is 6.18 Å². The minimum atomic E-state index is -4.63. The molecule has 2 aromatic rings. The van der Waals surface area contributed by atoms with Crippen molar-refractivity contribution in [2.75, 3.05) is 36.6 Å². The number of halogens is 4. The van der Waals surface area contributed by atoms with E-state index in [-0.39, 0.29) is 36.8 Å². The highest BCUT2D eigenvalue weighted by molar-refractivity contribution is 7.92. The first-order valence-corrected chi connectivity index (χ1v) is 11.3. The van der Waals surface area contributed by atoms with Gasteiger partial charge in [0.2, 0.25) is 15.9 Å². The molecular formula is C20H22F4N4O4S. The Morgan fingerprint density at radius 1 is 1.21 bits per heavy atom. The zero-order chi connectivity index (χ0) is 24.6. The highest BCUT2D eigenvalue weighted by atomic mass is 32.2. The summed E-state index contributed by atoms with van der Waals surface area (Å²) in [5.74, 6) is -1.47. The van der Waals surface area contributed by atoms with Crippen molar-refractivity contribution in [3.63, 3.8) is 0 Å². The number of methoxy groups -OCH3 is 1. The van der Waals surface area contributed by atoms with Crippen LogP contribution in [-0.2, 0) is 32.3 Å². The number of ether oxygens (including phenoxy) is 1. The highest BCUT2D eigenvalue weighted by Crippen LogP contribution is 2.29. The molecule has 0 aliphatic rings. The molecule has 33 heavy (non-hydrogen) atoms. The molecule has 0 unspecified atom stereocenters. The quantitative estimate of drug-likeness (QED) is 0.268. The molecule has 0 saturated carbocycles. The Hall–Kier alpha value is -3.19. The zero-order valence-electron chi connectivity index (χ0n) is 17.7. The lowest BCUT2D eigenvalue weighted by atomic mass is 10.2. The number of nitrogens with one attached hydrogen (secondary N) is 3. The third-order valence-electron chi connectivity index (χ3n) is 4.03. The summed E-state index contributed by atoms with van der Waals surface area (Å²) < 4.78 is 82.1. The Morgan fingerprint density at radius 3 is 2.55 bits per heavy atom. The Bertz CT molecular complexity index is 1120.